The number of fused-ring (bicyclic) bond motifs is 1. The third-order valence-electron chi connectivity index (χ3n) is 7.94. The molecule has 10 nitrogen and oxygen atoms in total. The number of rotatable bonds is 8. The summed E-state index contributed by atoms with van der Waals surface area (Å²) in [6.07, 6.45) is 1.56. The van der Waals surface area contributed by atoms with Crippen LogP contribution in [-0.4, -0.2) is 86.1 Å². The Labute approximate surface area is 270 Å². The lowest BCUT2D eigenvalue weighted by atomic mass is 10.0. The van der Waals surface area contributed by atoms with Gasteiger partial charge in [0.25, 0.3) is 21.8 Å². The molecular formula is C33H43N3O7S2. The standard InChI is InChI=1S/C33H43N3O7S2/c1-23-20-36(24(2)22-37)33(39)28-19-27(34-32(38)26-12-6-5-7-13-26)15-16-29(28)43-25(3)11-8-9-17-42-30(23)21-35(4)45(40,41)31-14-10-18-44-31/h5-7,10,12-16,18-19,23-25,30,37H,8-9,11,17,20-22H2,1-4H3,(H,34,38)/t23-,24+,25+,30-/m0/s1. The molecule has 2 amide bonds. The summed E-state index contributed by atoms with van der Waals surface area (Å²) < 4.78 is 40.5. The highest BCUT2D eigenvalue weighted by Crippen LogP contribution is 2.29. The second-order valence-corrected chi connectivity index (χ2v) is 14.8. The van der Waals surface area contributed by atoms with Gasteiger partial charge in [-0.3, -0.25) is 9.59 Å². The molecule has 0 saturated heterocycles. The van der Waals surface area contributed by atoms with Crippen molar-refractivity contribution in [3.63, 3.8) is 0 Å². The lowest BCUT2D eigenvalue weighted by Crippen LogP contribution is -2.48. The molecular weight excluding hydrogens is 615 g/mol. The molecule has 0 fully saturated rings. The van der Waals surface area contributed by atoms with Gasteiger partial charge in [-0.05, 0) is 74.9 Å². The van der Waals surface area contributed by atoms with Crippen LogP contribution < -0.4 is 10.1 Å². The van der Waals surface area contributed by atoms with E-state index in [2.05, 4.69) is 5.32 Å². The number of benzene rings is 2. The van der Waals surface area contributed by atoms with Crippen LogP contribution in [0.2, 0.25) is 0 Å². The average Bonchev–Trinajstić information content (AvgIpc) is 3.59. The van der Waals surface area contributed by atoms with Gasteiger partial charge in [-0.25, -0.2) is 8.42 Å². The van der Waals surface area contributed by atoms with Crippen LogP contribution in [0, 0.1) is 5.92 Å². The number of aliphatic hydroxyl groups is 1. The van der Waals surface area contributed by atoms with Crippen LogP contribution in [0.1, 0.15) is 60.7 Å². The van der Waals surface area contributed by atoms with Gasteiger partial charge in [-0.2, -0.15) is 4.31 Å². The number of hydrogen-bond donors (Lipinski definition) is 2. The number of thiophene rings is 1. The molecule has 0 saturated carbocycles. The first-order chi connectivity index (χ1) is 21.5. The Bertz CT molecular complexity index is 1520. The van der Waals surface area contributed by atoms with E-state index in [9.17, 15) is 23.1 Å². The second-order valence-electron chi connectivity index (χ2n) is 11.5. The molecule has 4 atom stereocenters. The van der Waals surface area contributed by atoms with Crippen LogP contribution in [-0.2, 0) is 14.8 Å². The number of nitrogens with zero attached hydrogens (tertiary/aromatic N) is 2. The molecule has 4 rings (SSSR count). The van der Waals surface area contributed by atoms with Crippen LogP contribution in [0.15, 0.2) is 70.3 Å². The molecule has 0 aliphatic carbocycles. The topological polar surface area (TPSA) is 125 Å². The van der Waals surface area contributed by atoms with Gasteiger partial charge in [0.15, 0.2) is 0 Å². The maximum Gasteiger partial charge on any atom is 0.258 e. The second kappa shape index (κ2) is 15.8. The maximum absolute atomic E-state index is 14.3. The highest BCUT2D eigenvalue weighted by Gasteiger charge is 2.32. The summed E-state index contributed by atoms with van der Waals surface area (Å²) >= 11 is 1.16. The molecule has 45 heavy (non-hydrogen) atoms. The van der Waals surface area contributed by atoms with Gasteiger partial charge >= 0.3 is 0 Å². The van der Waals surface area contributed by atoms with Crippen LogP contribution >= 0.6 is 11.3 Å². The number of aliphatic hydroxyl groups excluding tert-OH is 1. The predicted molar refractivity (Wildman–Crippen MR) is 175 cm³/mol. The number of likely N-dealkylation sites (N-methyl/N-ethyl adjacent to an activating group) is 1. The smallest absolute Gasteiger partial charge is 0.258 e. The lowest BCUT2D eigenvalue weighted by molar-refractivity contribution is -0.00832. The van der Waals surface area contributed by atoms with Gasteiger partial charge in [-0.15, -0.1) is 11.3 Å². The minimum absolute atomic E-state index is 0.0999. The normalized spacial score (nSPS) is 21.0. The summed E-state index contributed by atoms with van der Waals surface area (Å²) in [6, 6.07) is 16.5. The lowest BCUT2D eigenvalue weighted by Gasteiger charge is -2.35. The van der Waals surface area contributed by atoms with E-state index >= 15 is 0 Å². The Morgan fingerprint density at radius 1 is 1.13 bits per heavy atom. The molecule has 0 bridgehead atoms. The zero-order valence-electron chi connectivity index (χ0n) is 26.2. The fourth-order valence-corrected chi connectivity index (χ4v) is 7.56. The minimum Gasteiger partial charge on any atom is -0.490 e. The Hall–Kier alpha value is -3.29. The molecule has 12 heteroatoms. The first-order valence-corrected chi connectivity index (χ1v) is 17.5. The number of anilines is 1. The highest BCUT2D eigenvalue weighted by atomic mass is 32.2. The van der Waals surface area contributed by atoms with E-state index in [1.54, 1.807) is 71.8 Å². The van der Waals surface area contributed by atoms with E-state index in [4.69, 9.17) is 9.47 Å². The number of ether oxygens (including phenoxy) is 2. The molecule has 0 unspecified atom stereocenters. The van der Waals surface area contributed by atoms with Crippen molar-refractivity contribution in [2.75, 3.05) is 38.7 Å². The Balaban J connectivity index is 1.65. The monoisotopic (exact) mass is 657 g/mol. The molecule has 2 aromatic carbocycles. The van der Waals surface area contributed by atoms with Crippen molar-refractivity contribution in [3.05, 3.63) is 77.2 Å². The molecule has 244 valence electrons. The zero-order chi connectivity index (χ0) is 32.6. The van der Waals surface area contributed by atoms with Crippen molar-refractivity contribution in [2.24, 2.45) is 5.92 Å². The van der Waals surface area contributed by atoms with Gasteiger partial charge in [0.05, 0.1) is 30.4 Å². The van der Waals surface area contributed by atoms with Crippen molar-refractivity contribution in [1.82, 2.24) is 9.21 Å². The molecule has 0 spiro atoms. The van der Waals surface area contributed by atoms with E-state index in [1.165, 1.54) is 11.4 Å². The minimum atomic E-state index is -3.71. The predicted octanol–water partition coefficient (Wildman–Crippen LogP) is 5.12. The van der Waals surface area contributed by atoms with E-state index < -0.39 is 22.2 Å². The first kappa shape index (κ1) is 34.6. The van der Waals surface area contributed by atoms with Crippen LogP contribution in [0.3, 0.4) is 0 Å². The van der Waals surface area contributed by atoms with Crippen molar-refractivity contribution in [1.29, 1.82) is 0 Å². The molecule has 0 radical (unpaired) electrons. The Kier molecular flexibility index (Phi) is 12.2. The summed E-state index contributed by atoms with van der Waals surface area (Å²) in [7, 11) is -2.17. The van der Waals surface area contributed by atoms with Gasteiger partial charge in [-0.1, -0.05) is 31.2 Å². The van der Waals surface area contributed by atoms with Crippen LogP contribution in [0.4, 0.5) is 5.69 Å². The first-order valence-electron chi connectivity index (χ1n) is 15.2. The third-order valence-corrected chi connectivity index (χ3v) is 11.1. The van der Waals surface area contributed by atoms with Crippen LogP contribution in [0.5, 0.6) is 5.75 Å². The number of nitrogens with one attached hydrogen (secondary N) is 1. The Morgan fingerprint density at radius 2 is 1.89 bits per heavy atom. The van der Waals surface area contributed by atoms with Crippen molar-refractivity contribution in [2.45, 2.75) is 62.5 Å². The summed E-state index contributed by atoms with van der Waals surface area (Å²) in [5.41, 5.74) is 1.17. The molecule has 2 N–H and O–H groups in total. The number of sulfonamides is 1. The molecule has 1 aliphatic rings. The summed E-state index contributed by atoms with van der Waals surface area (Å²) in [5.74, 6) is -0.596. The van der Waals surface area contributed by atoms with Gasteiger partial charge < -0.3 is 24.8 Å². The van der Waals surface area contributed by atoms with Crippen molar-refractivity contribution < 1.29 is 32.6 Å². The molecule has 3 aromatic rings. The fourth-order valence-electron chi connectivity index (χ4n) is 5.17. The number of hydrogen-bond acceptors (Lipinski definition) is 8. The highest BCUT2D eigenvalue weighted by molar-refractivity contribution is 7.91. The van der Waals surface area contributed by atoms with Crippen LogP contribution in [0.25, 0.3) is 0 Å². The maximum atomic E-state index is 14.3. The van der Waals surface area contributed by atoms with E-state index in [0.29, 0.717) is 30.0 Å². The summed E-state index contributed by atoms with van der Waals surface area (Å²) in [6.45, 7) is 6.04. The zero-order valence-corrected chi connectivity index (χ0v) is 27.9. The third kappa shape index (κ3) is 8.92. The average molecular weight is 658 g/mol. The van der Waals surface area contributed by atoms with Crippen molar-refractivity contribution in [3.8, 4) is 5.75 Å². The molecule has 1 aromatic heterocycles. The van der Waals surface area contributed by atoms with E-state index in [0.717, 1.165) is 24.2 Å². The van der Waals surface area contributed by atoms with Crippen molar-refractivity contribution >= 4 is 38.9 Å². The van der Waals surface area contributed by atoms with Gasteiger partial charge in [0.2, 0.25) is 0 Å². The van der Waals surface area contributed by atoms with E-state index in [1.807, 2.05) is 19.9 Å². The quantitative estimate of drug-likeness (QED) is 0.345. The van der Waals surface area contributed by atoms with Gasteiger partial charge in [0.1, 0.15) is 9.96 Å². The molecule has 2 heterocycles. The van der Waals surface area contributed by atoms with E-state index in [-0.39, 0.29) is 53.3 Å². The van der Waals surface area contributed by atoms with Gasteiger partial charge in [0, 0.05) is 43.9 Å². The fraction of sp³-hybridized carbons (Fsp3) is 0.455. The SMILES string of the molecule is C[C@@H]1CCCCO[C@@H](CN(C)S(=O)(=O)c2cccs2)[C@@H](C)CN([C@H](C)CO)C(=O)c2cc(NC(=O)c3ccccc3)ccc2O1. The number of carbonyl (C=O) groups is 2. The number of amides is 2. The Morgan fingerprint density at radius 3 is 2.58 bits per heavy atom. The summed E-state index contributed by atoms with van der Waals surface area (Å²) in [5, 5.41) is 14.8. The number of carbonyl (C=O) groups excluding carboxylic acids is 2. The molecule has 1 aliphatic heterocycles. The largest absolute Gasteiger partial charge is 0.490 e. The summed E-state index contributed by atoms with van der Waals surface area (Å²) in [4.78, 5) is 28.7.